The average Bonchev–Trinajstić information content (AvgIpc) is 3.30. The minimum absolute atomic E-state index is 0.218. The Balaban J connectivity index is 1.58. The van der Waals surface area contributed by atoms with E-state index in [4.69, 9.17) is 9.72 Å². The van der Waals surface area contributed by atoms with Crippen molar-refractivity contribution in [1.82, 2.24) is 20.1 Å². The van der Waals surface area contributed by atoms with Crippen LogP contribution in [-0.4, -0.2) is 39.3 Å². The highest BCUT2D eigenvalue weighted by atomic mass is 32.1. The molecule has 0 atom stereocenters. The molecule has 1 amide bonds. The van der Waals surface area contributed by atoms with Crippen LogP contribution < -0.4 is 5.32 Å². The summed E-state index contributed by atoms with van der Waals surface area (Å²) in [7, 11) is 0. The summed E-state index contributed by atoms with van der Waals surface area (Å²) < 4.78 is 7.09. The molecule has 7 nitrogen and oxygen atoms in total. The average molecular weight is 433 g/mol. The molecule has 0 saturated heterocycles. The van der Waals surface area contributed by atoms with E-state index in [1.807, 2.05) is 54.8 Å². The molecule has 5 rings (SSSR count). The predicted molar refractivity (Wildman–Crippen MR) is 118 cm³/mol. The molecule has 3 heterocycles. The normalized spacial score (nSPS) is 13.3. The largest absolute Gasteiger partial charge is 0.452 e. The van der Waals surface area contributed by atoms with Crippen LogP contribution in [0.3, 0.4) is 0 Å². The number of hydrogen-bond donors (Lipinski definition) is 1. The summed E-state index contributed by atoms with van der Waals surface area (Å²) in [6, 6.07) is 15.5. The van der Waals surface area contributed by atoms with Gasteiger partial charge in [0.1, 0.15) is 0 Å². The number of nitrogens with one attached hydrogen (secondary N) is 1. The highest BCUT2D eigenvalue weighted by Crippen LogP contribution is 2.31. The molecular formula is C23H20N4O3S. The van der Waals surface area contributed by atoms with Crippen LogP contribution in [0.25, 0.3) is 27.3 Å². The maximum absolute atomic E-state index is 13.0. The SMILES string of the molecule is Cc1nn(-c2ccccc2)c2nc(-c3cccs3)cc(C(=O)OCC(=O)NC3CC3)c12. The van der Waals surface area contributed by atoms with E-state index in [2.05, 4.69) is 10.4 Å². The lowest BCUT2D eigenvalue weighted by molar-refractivity contribution is -0.124. The Morgan fingerprint density at radius 1 is 1.19 bits per heavy atom. The molecule has 1 fully saturated rings. The second kappa shape index (κ2) is 7.96. The second-order valence-electron chi connectivity index (χ2n) is 7.48. The second-order valence-corrected chi connectivity index (χ2v) is 8.43. The third-order valence-corrected chi connectivity index (χ3v) is 5.98. The third kappa shape index (κ3) is 3.94. The van der Waals surface area contributed by atoms with Crippen molar-refractivity contribution in [1.29, 1.82) is 0 Å². The molecule has 1 aromatic carbocycles. The Kier molecular flexibility index (Phi) is 4.99. The fourth-order valence-electron chi connectivity index (χ4n) is 3.46. The number of amides is 1. The van der Waals surface area contributed by atoms with E-state index >= 15 is 0 Å². The number of hydrogen-bond acceptors (Lipinski definition) is 6. The van der Waals surface area contributed by atoms with Crippen molar-refractivity contribution in [3.8, 4) is 16.3 Å². The van der Waals surface area contributed by atoms with Crippen LogP contribution in [0.2, 0.25) is 0 Å². The lowest BCUT2D eigenvalue weighted by Crippen LogP contribution is -2.30. The summed E-state index contributed by atoms with van der Waals surface area (Å²) in [5.74, 6) is -0.844. The fraction of sp³-hybridized carbons (Fsp3) is 0.217. The third-order valence-electron chi connectivity index (χ3n) is 5.08. The minimum Gasteiger partial charge on any atom is -0.452 e. The summed E-state index contributed by atoms with van der Waals surface area (Å²) in [5, 5.41) is 10.0. The maximum atomic E-state index is 13.0. The van der Waals surface area contributed by atoms with Gasteiger partial charge in [-0.15, -0.1) is 11.3 Å². The van der Waals surface area contributed by atoms with Crippen molar-refractivity contribution in [2.24, 2.45) is 0 Å². The fourth-order valence-corrected chi connectivity index (χ4v) is 4.14. The summed E-state index contributed by atoms with van der Waals surface area (Å²) in [4.78, 5) is 30.8. The standard InChI is InChI=1S/C23H20N4O3S/c1-14-21-17(23(29)30-13-20(28)24-15-9-10-15)12-18(19-8-5-11-31-19)25-22(21)27(26-14)16-6-3-2-4-7-16/h2-8,11-12,15H,9-10,13H2,1H3,(H,24,28). The molecule has 0 radical (unpaired) electrons. The number of rotatable bonds is 6. The highest BCUT2D eigenvalue weighted by molar-refractivity contribution is 7.13. The summed E-state index contributed by atoms with van der Waals surface area (Å²) in [5.41, 5.74) is 3.10. The van der Waals surface area contributed by atoms with Gasteiger partial charge in [0.2, 0.25) is 0 Å². The first-order valence-electron chi connectivity index (χ1n) is 10.1. The number of fused-ring (bicyclic) bond motifs is 1. The monoisotopic (exact) mass is 432 g/mol. The van der Waals surface area contributed by atoms with Gasteiger partial charge in [0.05, 0.1) is 32.9 Å². The van der Waals surface area contributed by atoms with Crippen LogP contribution in [-0.2, 0) is 9.53 Å². The Hall–Kier alpha value is -3.52. The molecule has 156 valence electrons. The Bertz CT molecular complexity index is 1260. The van der Waals surface area contributed by atoms with Gasteiger partial charge in [-0.2, -0.15) is 5.10 Å². The van der Waals surface area contributed by atoms with Gasteiger partial charge in [0, 0.05) is 6.04 Å². The first-order valence-corrected chi connectivity index (χ1v) is 10.9. The first kappa shape index (κ1) is 19.4. The molecule has 8 heteroatoms. The van der Waals surface area contributed by atoms with Crippen LogP contribution >= 0.6 is 11.3 Å². The number of pyridine rings is 1. The van der Waals surface area contributed by atoms with Crippen LogP contribution in [0, 0.1) is 6.92 Å². The van der Waals surface area contributed by atoms with E-state index < -0.39 is 5.97 Å². The molecule has 0 spiro atoms. The number of nitrogens with zero attached hydrogens (tertiary/aromatic N) is 3. The Morgan fingerprint density at radius 3 is 2.71 bits per heavy atom. The lowest BCUT2D eigenvalue weighted by atomic mass is 10.1. The molecule has 4 aromatic rings. The highest BCUT2D eigenvalue weighted by Gasteiger charge is 2.25. The number of carbonyl (C=O) groups excluding carboxylic acids is 2. The zero-order valence-electron chi connectivity index (χ0n) is 16.9. The molecule has 1 aliphatic rings. The number of thiophene rings is 1. The van der Waals surface area contributed by atoms with Crippen LogP contribution in [0.4, 0.5) is 0 Å². The number of carbonyl (C=O) groups is 2. The van der Waals surface area contributed by atoms with Gasteiger partial charge in [0.25, 0.3) is 5.91 Å². The lowest BCUT2D eigenvalue weighted by Gasteiger charge is -2.09. The number of benzene rings is 1. The van der Waals surface area contributed by atoms with Crippen molar-refractivity contribution in [3.63, 3.8) is 0 Å². The van der Waals surface area contributed by atoms with Gasteiger partial charge in [-0.05, 0) is 49.4 Å². The van der Waals surface area contributed by atoms with Crippen molar-refractivity contribution in [2.45, 2.75) is 25.8 Å². The molecular weight excluding hydrogens is 412 g/mol. The zero-order chi connectivity index (χ0) is 21.4. The minimum atomic E-state index is -0.563. The van der Waals surface area contributed by atoms with Gasteiger partial charge in [0.15, 0.2) is 12.3 Å². The van der Waals surface area contributed by atoms with Gasteiger partial charge < -0.3 is 10.1 Å². The summed E-state index contributed by atoms with van der Waals surface area (Å²) in [6.07, 6.45) is 1.96. The molecule has 3 aromatic heterocycles. The van der Waals surface area contributed by atoms with Gasteiger partial charge in [-0.3, -0.25) is 4.79 Å². The number of aromatic nitrogens is 3. The quantitative estimate of drug-likeness (QED) is 0.467. The first-order chi connectivity index (χ1) is 15.1. The van der Waals surface area contributed by atoms with E-state index in [-0.39, 0.29) is 18.6 Å². The zero-order valence-corrected chi connectivity index (χ0v) is 17.7. The van der Waals surface area contributed by atoms with Crippen LogP contribution in [0.15, 0.2) is 53.9 Å². The molecule has 1 N–H and O–H groups in total. The van der Waals surface area contributed by atoms with E-state index in [0.717, 1.165) is 23.4 Å². The topological polar surface area (TPSA) is 86.1 Å². The van der Waals surface area contributed by atoms with Crippen LogP contribution in [0.5, 0.6) is 0 Å². The number of esters is 1. The van der Waals surface area contributed by atoms with Gasteiger partial charge >= 0.3 is 5.97 Å². The molecule has 0 unspecified atom stereocenters. The number of ether oxygens (including phenoxy) is 1. The molecule has 1 aliphatic carbocycles. The van der Waals surface area contributed by atoms with Crippen molar-refractivity contribution in [2.75, 3.05) is 6.61 Å². The van der Waals surface area contributed by atoms with E-state index in [1.54, 1.807) is 10.7 Å². The van der Waals surface area contributed by atoms with E-state index in [0.29, 0.717) is 28.0 Å². The Morgan fingerprint density at radius 2 is 2.00 bits per heavy atom. The van der Waals surface area contributed by atoms with Gasteiger partial charge in [-0.1, -0.05) is 24.3 Å². The molecule has 0 bridgehead atoms. The predicted octanol–water partition coefficient (Wildman–Crippen LogP) is 3.89. The van der Waals surface area contributed by atoms with Crippen LogP contribution in [0.1, 0.15) is 28.9 Å². The smallest absolute Gasteiger partial charge is 0.339 e. The molecule has 0 aliphatic heterocycles. The summed E-state index contributed by atoms with van der Waals surface area (Å²) >= 11 is 1.54. The number of aryl methyl sites for hydroxylation is 1. The van der Waals surface area contributed by atoms with Crippen molar-refractivity contribution >= 4 is 34.2 Å². The maximum Gasteiger partial charge on any atom is 0.339 e. The molecule has 31 heavy (non-hydrogen) atoms. The van der Waals surface area contributed by atoms with Crippen molar-refractivity contribution < 1.29 is 14.3 Å². The van der Waals surface area contributed by atoms with Crippen molar-refractivity contribution in [3.05, 3.63) is 65.2 Å². The Labute approximate surface area is 182 Å². The van der Waals surface area contributed by atoms with E-state index in [9.17, 15) is 9.59 Å². The number of para-hydroxylation sites is 1. The van der Waals surface area contributed by atoms with Gasteiger partial charge in [-0.25, -0.2) is 14.5 Å². The van der Waals surface area contributed by atoms with E-state index in [1.165, 1.54) is 11.3 Å². The molecule has 1 saturated carbocycles. The summed E-state index contributed by atoms with van der Waals surface area (Å²) in [6.45, 7) is 1.53.